The third-order valence-corrected chi connectivity index (χ3v) is 5.62. The second-order valence-corrected chi connectivity index (χ2v) is 8.81. The van der Waals surface area contributed by atoms with Gasteiger partial charge in [-0.1, -0.05) is 37.7 Å². The van der Waals surface area contributed by atoms with E-state index in [1.165, 1.54) is 16.4 Å². The van der Waals surface area contributed by atoms with Crippen molar-refractivity contribution in [2.45, 2.75) is 38.5 Å². The van der Waals surface area contributed by atoms with Gasteiger partial charge in [0.1, 0.15) is 18.2 Å². The average Bonchev–Trinajstić information content (AvgIpc) is 3.06. The number of nitrogens with two attached hydrogens (primary N) is 1. The Kier molecular flexibility index (Phi) is 7.33. The maximum Gasteiger partial charge on any atom is 0.236 e. The van der Waals surface area contributed by atoms with Crippen molar-refractivity contribution in [1.82, 2.24) is 19.9 Å². The van der Waals surface area contributed by atoms with Crippen molar-refractivity contribution in [1.29, 1.82) is 0 Å². The maximum atomic E-state index is 12.1. The summed E-state index contributed by atoms with van der Waals surface area (Å²) in [5.41, 5.74) is 2.24. The normalized spacial score (nSPS) is 11.0. The van der Waals surface area contributed by atoms with Crippen LogP contribution in [0.5, 0.6) is 5.75 Å². The lowest BCUT2D eigenvalue weighted by Gasteiger charge is -2.14. The third-order valence-electron chi connectivity index (χ3n) is 4.21. The van der Waals surface area contributed by atoms with Gasteiger partial charge >= 0.3 is 0 Å². The third kappa shape index (κ3) is 5.73. The number of hydrogen-bond acceptors (Lipinski definition) is 7. The number of hydrogen-bond donors (Lipinski definition) is 2. The summed E-state index contributed by atoms with van der Waals surface area (Å²) in [6.07, 6.45) is 1.62. The zero-order valence-electron chi connectivity index (χ0n) is 16.9. The first kappa shape index (κ1) is 22.1. The highest BCUT2D eigenvalue weighted by atomic mass is 79.9. The molecule has 3 rings (SSSR count). The molecule has 8 nitrogen and oxygen atoms in total. The molecular weight excluding hydrogens is 468 g/mol. The molecule has 0 aliphatic rings. The summed E-state index contributed by atoms with van der Waals surface area (Å²) < 4.78 is 8.16. The van der Waals surface area contributed by atoms with Gasteiger partial charge < -0.3 is 15.9 Å². The molecule has 2 heterocycles. The lowest BCUT2D eigenvalue weighted by atomic mass is 10.0. The van der Waals surface area contributed by atoms with Crippen molar-refractivity contribution < 1.29 is 9.53 Å². The van der Waals surface area contributed by atoms with Crippen LogP contribution in [0.3, 0.4) is 0 Å². The molecule has 0 unspecified atom stereocenters. The first-order valence-corrected chi connectivity index (χ1v) is 11.1. The van der Waals surface area contributed by atoms with Crippen LogP contribution < -0.4 is 15.9 Å². The molecule has 0 saturated heterocycles. The highest BCUT2D eigenvalue weighted by Crippen LogP contribution is 2.28. The second kappa shape index (κ2) is 9.94. The highest BCUT2D eigenvalue weighted by molar-refractivity contribution is 9.10. The average molecular weight is 491 g/mol. The minimum Gasteiger partial charge on any atom is -0.485 e. The molecule has 3 aromatic rings. The molecule has 0 radical (unpaired) electrons. The number of benzene rings is 1. The molecule has 0 atom stereocenters. The number of nitrogens with one attached hydrogen (secondary N) is 1. The van der Waals surface area contributed by atoms with Crippen LogP contribution in [0.15, 0.2) is 46.2 Å². The Labute approximate surface area is 187 Å². The van der Waals surface area contributed by atoms with Crippen molar-refractivity contribution in [3.05, 3.63) is 58.0 Å². The minimum absolute atomic E-state index is 0.128. The SMILES string of the molecule is Cc1ccc(C(C)C)c(OCc2nnc(SCC(=O)Nc3ccc(Br)cn3)n2N)c1. The molecule has 10 heteroatoms. The molecule has 1 amide bonds. The minimum atomic E-state index is -0.211. The molecule has 30 heavy (non-hydrogen) atoms. The summed E-state index contributed by atoms with van der Waals surface area (Å²) in [6, 6.07) is 9.66. The van der Waals surface area contributed by atoms with Crippen LogP contribution >= 0.6 is 27.7 Å². The molecule has 3 N–H and O–H groups in total. The van der Waals surface area contributed by atoms with E-state index in [2.05, 4.69) is 62.4 Å². The van der Waals surface area contributed by atoms with Crippen molar-refractivity contribution in [2.24, 2.45) is 0 Å². The number of carbonyl (C=O) groups excluding carboxylic acids is 1. The zero-order chi connectivity index (χ0) is 21.7. The molecule has 0 fully saturated rings. The van der Waals surface area contributed by atoms with Gasteiger partial charge in [-0.3, -0.25) is 4.79 Å². The van der Waals surface area contributed by atoms with Gasteiger partial charge in [-0.15, -0.1) is 10.2 Å². The maximum absolute atomic E-state index is 12.1. The van der Waals surface area contributed by atoms with Crippen LogP contribution in [0.2, 0.25) is 0 Å². The van der Waals surface area contributed by atoms with E-state index < -0.39 is 0 Å². The molecule has 0 saturated carbocycles. The van der Waals surface area contributed by atoms with Gasteiger partial charge in [-0.2, -0.15) is 0 Å². The van der Waals surface area contributed by atoms with Gasteiger partial charge in [-0.25, -0.2) is 9.66 Å². The van der Waals surface area contributed by atoms with Crippen molar-refractivity contribution in [3.63, 3.8) is 0 Å². The fourth-order valence-corrected chi connectivity index (χ4v) is 3.56. The number of nitrogens with zero attached hydrogens (tertiary/aromatic N) is 4. The summed E-state index contributed by atoms with van der Waals surface area (Å²) in [4.78, 5) is 16.2. The molecule has 0 aliphatic heterocycles. The van der Waals surface area contributed by atoms with Crippen LogP contribution in [0, 0.1) is 6.92 Å². The topological polar surface area (TPSA) is 108 Å². The van der Waals surface area contributed by atoms with E-state index in [9.17, 15) is 4.79 Å². The Balaban J connectivity index is 1.58. The molecule has 0 bridgehead atoms. The number of anilines is 1. The van der Waals surface area contributed by atoms with E-state index in [1.807, 2.05) is 13.0 Å². The first-order valence-electron chi connectivity index (χ1n) is 9.30. The van der Waals surface area contributed by atoms with E-state index in [4.69, 9.17) is 10.6 Å². The smallest absolute Gasteiger partial charge is 0.236 e. The highest BCUT2D eigenvalue weighted by Gasteiger charge is 2.15. The Morgan fingerprint density at radius 1 is 1.30 bits per heavy atom. The number of amides is 1. The summed E-state index contributed by atoms with van der Waals surface area (Å²) in [5, 5.41) is 11.3. The number of aryl methyl sites for hydroxylation is 1. The first-order chi connectivity index (χ1) is 14.3. The zero-order valence-corrected chi connectivity index (χ0v) is 19.3. The number of ether oxygens (including phenoxy) is 1. The lowest BCUT2D eigenvalue weighted by Crippen LogP contribution is -2.18. The van der Waals surface area contributed by atoms with Gasteiger partial charge in [0, 0.05) is 10.7 Å². The predicted octanol–water partition coefficient (Wildman–Crippen LogP) is 3.89. The molecule has 0 spiro atoms. The van der Waals surface area contributed by atoms with Crippen molar-refractivity contribution in [2.75, 3.05) is 16.9 Å². The van der Waals surface area contributed by atoms with Gasteiger partial charge in [0.25, 0.3) is 0 Å². The number of thioether (sulfide) groups is 1. The van der Waals surface area contributed by atoms with Gasteiger partial charge in [0.15, 0.2) is 5.82 Å². The standard InChI is InChI=1S/C20H23BrN6O2S/c1-12(2)15-6-4-13(3)8-16(15)29-10-18-25-26-20(27(18)22)30-11-19(28)24-17-7-5-14(21)9-23-17/h4-9,12H,10-11,22H2,1-3H3,(H,23,24,28). The fraction of sp³-hybridized carbons (Fsp3) is 0.300. The summed E-state index contributed by atoms with van der Waals surface area (Å²) in [7, 11) is 0. The molecule has 0 aliphatic carbocycles. The number of nitrogen functional groups attached to an aromatic ring is 1. The Morgan fingerprint density at radius 3 is 2.80 bits per heavy atom. The molecule has 158 valence electrons. The van der Waals surface area contributed by atoms with Gasteiger partial charge in [-0.05, 0) is 58.1 Å². The monoisotopic (exact) mass is 490 g/mol. The number of aromatic nitrogens is 4. The number of halogens is 1. The number of pyridine rings is 1. The molecule has 2 aromatic heterocycles. The summed E-state index contributed by atoms with van der Waals surface area (Å²) in [5.74, 6) is 8.11. The quantitative estimate of drug-likeness (QED) is 0.364. The summed E-state index contributed by atoms with van der Waals surface area (Å²) >= 11 is 4.49. The van der Waals surface area contributed by atoms with Crippen LogP contribution in [0.4, 0.5) is 5.82 Å². The van der Waals surface area contributed by atoms with Gasteiger partial charge in [0.05, 0.1) is 5.75 Å². The van der Waals surface area contributed by atoms with E-state index in [-0.39, 0.29) is 18.3 Å². The lowest BCUT2D eigenvalue weighted by molar-refractivity contribution is -0.113. The molecular formula is C20H23BrN6O2S. The largest absolute Gasteiger partial charge is 0.485 e. The Morgan fingerprint density at radius 2 is 2.10 bits per heavy atom. The van der Waals surface area contributed by atoms with Crippen LogP contribution in [0.1, 0.15) is 36.7 Å². The predicted molar refractivity (Wildman–Crippen MR) is 121 cm³/mol. The van der Waals surface area contributed by atoms with E-state index in [1.54, 1.807) is 18.3 Å². The van der Waals surface area contributed by atoms with Crippen LogP contribution in [0.25, 0.3) is 0 Å². The van der Waals surface area contributed by atoms with Gasteiger partial charge in [0.2, 0.25) is 11.1 Å². The van der Waals surface area contributed by atoms with Crippen LogP contribution in [-0.4, -0.2) is 31.5 Å². The summed E-state index contributed by atoms with van der Waals surface area (Å²) in [6.45, 7) is 6.44. The van der Waals surface area contributed by atoms with E-state index >= 15 is 0 Å². The number of carbonyl (C=O) groups is 1. The fourth-order valence-electron chi connectivity index (χ4n) is 2.65. The Bertz CT molecular complexity index is 1020. The van der Waals surface area contributed by atoms with E-state index in [0.29, 0.717) is 22.7 Å². The van der Waals surface area contributed by atoms with Crippen LogP contribution in [-0.2, 0) is 11.4 Å². The number of rotatable bonds is 8. The van der Waals surface area contributed by atoms with E-state index in [0.717, 1.165) is 21.3 Å². The Hall–Kier alpha value is -2.59. The molecule has 1 aromatic carbocycles. The van der Waals surface area contributed by atoms with Crippen molar-refractivity contribution in [3.8, 4) is 5.75 Å². The van der Waals surface area contributed by atoms with Crippen molar-refractivity contribution >= 4 is 39.4 Å². The second-order valence-electron chi connectivity index (χ2n) is 6.95.